The lowest BCUT2D eigenvalue weighted by Crippen LogP contribution is -2.41. The second kappa shape index (κ2) is 18.6. The molecule has 0 bridgehead atoms. The number of ether oxygens (including phenoxy) is 1. The first-order valence-corrected chi connectivity index (χ1v) is 19.8. The van der Waals surface area contributed by atoms with Crippen LogP contribution in [-0.4, -0.2) is 106 Å². The number of ketones is 1. The summed E-state index contributed by atoms with van der Waals surface area (Å²) >= 11 is 0. The van der Waals surface area contributed by atoms with Gasteiger partial charge in [0.1, 0.15) is 17.2 Å². The molecule has 1 aliphatic rings. The van der Waals surface area contributed by atoms with Crippen molar-refractivity contribution in [2.75, 3.05) is 44.7 Å². The lowest BCUT2D eigenvalue weighted by atomic mass is 10.1. The summed E-state index contributed by atoms with van der Waals surface area (Å²) in [7, 11) is 0. The Bertz CT molecular complexity index is 2490. The molecular weight excluding hydrogens is 753 g/mol. The number of fused-ring (bicyclic) bond motifs is 2. The summed E-state index contributed by atoms with van der Waals surface area (Å²) in [6.45, 7) is 14.0. The van der Waals surface area contributed by atoms with Gasteiger partial charge in [-0.15, -0.1) is 0 Å². The minimum Gasteiger partial charge on any atom is -0.379 e. The number of morpholine rings is 1. The van der Waals surface area contributed by atoms with Crippen LogP contribution in [0.5, 0.6) is 0 Å². The standard InChI is InChI=1S/C41H50N12O5.CH4/c1-5-52-34(21-26(3)47-52)36(54)25-37-44-30-24-29(39(56)43-13-16-49-17-19-58-20-18-49)10-12-32(30)50(37)14-7-8-15-51-33-11-9-28(38(42)55)23-31(33)45-41(51)46-40(57)35-22-27(4)48-53(35)6-2;/h9-12,21-24H,5-8,13-20,25H2,1-4H3,(H2,42,55)(H,43,56)(H,45,46,57);1H4. The number of rotatable bonds is 17. The molecule has 5 heterocycles. The number of hydrogen-bond donors (Lipinski definition) is 3. The van der Waals surface area contributed by atoms with Crippen LogP contribution < -0.4 is 16.4 Å². The normalized spacial score (nSPS) is 13.2. The van der Waals surface area contributed by atoms with Crippen LogP contribution >= 0.6 is 0 Å². The molecule has 1 saturated heterocycles. The van der Waals surface area contributed by atoms with Gasteiger partial charge >= 0.3 is 0 Å². The molecule has 0 atom stereocenters. The monoisotopic (exact) mass is 806 g/mol. The highest BCUT2D eigenvalue weighted by atomic mass is 16.5. The number of imidazole rings is 2. The fraction of sp³-hybridized carbons (Fsp3) is 0.429. The molecule has 312 valence electrons. The van der Waals surface area contributed by atoms with E-state index in [4.69, 9.17) is 20.4 Å². The third-order valence-corrected chi connectivity index (χ3v) is 10.4. The molecule has 0 unspecified atom stereocenters. The van der Waals surface area contributed by atoms with Crippen molar-refractivity contribution in [1.29, 1.82) is 0 Å². The van der Waals surface area contributed by atoms with Crippen LogP contribution in [0, 0.1) is 13.8 Å². The Morgan fingerprint density at radius 3 is 2.02 bits per heavy atom. The van der Waals surface area contributed by atoms with Crippen molar-refractivity contribution in [3.05, 3.63) is 88.3 Å². The zero-order valence-corrected chi connectivity index (χ0v) is 33.5. The molecule has 4 aromatic heterocycles. The van der Waals surface area contributed by atoms with Crippen molar-refractivity contribution in [1.82, 2.24) is 48.9 Å². The van der Waals surface area contributed by atoms with E-state index in [0.29, 0.717) is 104 Å². The average Bonchev–Trinajstić information content (AvgIpc) is 3.98. The number of anilines is 1. The average molecular weight is 807 g/mol. The van der Waals surface area contributed by atoms with E-state index < -0.39 is 5.91 Å². The molecule has 4 N–H and O–H groups in total. The van der Waals surface area contributed by atoms with Crippen LogP contribution in [-0.2, 0) is 37.3 Å². The van der Waals surface area contributed by atoms with Gasteiger partial charge in [-0.2, -0.15) is 10.2 Å². The number of aromatic nitrogens is 8. The predicted molar refractivity (Wildman–Crippen MR) is 225 cm³/mol. The fourth-order valence-electron chi connectivity index (χ4n) is 7.48. The molecule has 0 radical (unpaired) electrons. The van der Waals surface area contributed by atoms with Crippen LogP contribution in [0.25, 0.3) is 22.1 Å². The van der Waals surface area contributed by atoms with Crippen molar-refractivity contribution in [3.8, 4) is 0 Å². The number of amides is 3. The molecule has 2 aromatic carbocycles. The molecule has 1 fully saturated rings. The highest BCUT2D eigenvalue weighted by Gasteiger charge is 2.22. The topological polar surface area (TPSA) is 202 Å². The highest BCUT2D eigenvalue weighted by Crippen LogP contribution is 2.25. The van der Waals surface area contributed by atoms with E-state index in [-0.39, 0.29) is 31.4 Å². The molecule has 17 nitrogen and oxygen atoms in total. The Kier molecular flexibility index (Phi) is 13.4. The largest absolute Gasteiger partial charge is 0.379 e. The maximum absolute atomic E-state index is 13.7. The fourth-order valence-corrected chi connectivity index (χ4v) is 7.48. The molecular formula is C42H54N12O5. The summed E-state index contributed by atoms with van der Waals surface area (Å²) in [5, 5.41) is 14.9. The van der Waals surface area contributed by atoms with Crippen molar-refractivity contribution in [2.24, 2.45) is 5.73 Å². The van der Waals surface area contributed by atoms with Crippen LogP contribution in [0.15, 0.2) is 48.5 Å². The van der Waals surface area contributed by atoms with E-state index in [1.165, 1.54) is 0 Å². The van der Waals surface area contributed by atoms with Gasteiger partial charge in [0.25, 0.3) is 11.8 Å². The number of carbonyl (C=O) groups is 4. The quantitative estimate of drug-likeness (QED) is 0.0877. The summed E-state index contributed by atoms with van der Waals surface area (Å²) in [5.41, 5.74) is 11.5. The molecule has 59 heavy (non-hydrogen) atoms. The zero-order chi connectivity index (χ0) is 40.9. The first kappa shape index (κ1) is 42.4. The highest BCUT2D eigenvalue weighted by molar-refractivity contribution is 6.03. The van der Waals surface area contributed by atoms with Gasteiger partial charge in [0, 0.05) is 63.5 Å². The first-order valence-electron chi connectivity index (χ1n) is 19.8. The van der Waals surface area contributed by atoms with Gasteiger partial charge in [0.05, 0.1) is 53.1 Å². The van der Waals surface area contributed by atoms with Gasteiger partial charge in [-0.25, -0.2) is 9.97 Å². The Morgan fingerprint density at radius 2 is 1.34 bits per heavy atom. The lowest BCUT2D eigenvalue weighted by Gasteiger charge is -2.26. The Hall–Kier alpha value is -6.20. The molecule has 0 spiro atoms. The zero-order valence-electron chi connectivity index (χ0n) is 33.5. The van der Waals surface area contributed by atoms with Crippen LogP contribution in [0.2, 0.25) is 0 Å². The molecule has 6 aromatic rings. The predicted octanol–water partition coefficient (Wildman–Crippen LogP) is 4.39. The lowest BCUT2D eigenvalue weighted by molar-refractivity contribution is 0.0383. The van der Waals surface area contributed by atoms with Gasteiger partial charge in [-0.3, -0.25) is 38.8 Å². The Morgan fingerprint density at radius 1 is 0.746 bits per heavy atom. The van der Waals surface area contributed by atoms with E-state index >= 15 is 0 Å². The van der Waals surface area contributed by atoms with Crippen LogP contribution in [0.4, 0.5) is 5.95 Å². The molecule has 17 heteroatoms. The summed E-state index contributed by atoms with van der Waals surface area (Å²) in [5.74, 6) is -0.275. The van der Waals surface area contributed by atoms with E-state index in [9.17, 15) is 19.2 Å². The number of aryl methyl sites for hydroxylation is 6. The van der Waals surface area contributed by atoms with E-state index in [2.05, 4.69) is 30.3 Å². The number of benzene rings is 2. The number of carbonyl (C=O) groups excluding carboxylic acids is 4. The number of nitrogens with one attached hydrogen (secondary N) is 2. The number of primary amides is 1. The Balaban J connectivity index is 0.00000585. The van der Waals surface area contributed by atoms with E-state index in [1.54, 1.807) is 51.8 Å². The maximum atomic E-state index is 13.7. The van der Waals surface area contributed by atoms with Gasteiger partial charge < -0.3 is 24.9 Å². The molecule has 7 rings (SSSR count). The van der Waals surface area contributed by atoms with Crippen molar-refractivity contribution in [3.63, 3.8) is 0 Å². The second-order valence-corrected chi connectivity index (χ2v) is 14.5. The van der Waals surface area contributed by atoms with E-state index in [1.807, 2.05) is 38.3 Å². The molecule has 0 saturated carbocycles. The number of unbranched alkanes of at least 4 members (excludes halogenated alkanes) is 1. The van der Waals surface area contributed by atoms with Gasteiger partial charge in [-0.05, 0) is 89.1 Å². The molecule has 3 amide bonds. The number of Topliss-reactive ketones (excluding diaryl/α,β-unsaturated/α-hetero) is 1. The minimum absolute atomic E-state index is 0. The summed E-state index contributed by atoms with van der Waals surface area (Å²) in [4.78, 5) is 64.3. The van der Waals surface area contributed by atoms with Gasteiger partial charge in [-0.1, -0.05) is 7.43 Å². The van der Waals surface area contributed by atoms with Crippen molar-refractivity contribution in [2.45, 2.75) is 80.6 Å². The number of hydrogen-bond acceptors (Lipinski definition) is 10. The molecule has 0 aliphatic carbocycles. The maximum Gasteiger partial charge on any atom is 0.276 e. The number of nitrogens with two attached hydrogens (primary N) is 1. The van der Waals surface area contributed by atoms with Gasteiger partial charge in [0.15, 0.2) is 5.78 Å². The third kappa shape index (κ3) is 9.42. The van der Waals surface area contributed by atoms with Crippen LogP contribution in [0.1, 0.15) is 93.0 Å². The van der Waals surface area contributed by atoms with Crippen molar-refractivity contribution < 1.29 is 23.9 Å². The summed E-state index contributed by atoms with van der Waals surface area (Å²) in [6, 6.07) is 14.1. The smallest absolute Gasteiger partial charge is 0.276 e. The summed E-state index contributed by atoms with van der Waals surface area (Å²) < 4.78 is 12.7. The number of nitrogens with zero attached hydrogens (tertiary/aromatic N) is 9. The Labute approximate surface area is 342 Å². The SMILES string of the molecule is C.CCn1nc(C)cc1C(=O)Cc1nc2cc(C(=O)NCCN3CCOCC3)ccc2n1CCCCn1c(NC(=O)c2cc(C)nn2CC)nc2cc(C(N)=O)ccc21. The first-order chi connectivity index (χ1) is 28.0. The minimum atomic E-state index is -0.572. The van der Waals surface area contributed by atoms with Crippen LogP contribution in [0.3, 0.4) is 0 Å². The van der Waals surface area contributed by atoms with E-state index in [0.717, 1.165) is 42.1 Å². The third-order valence-electron chi connectivity index (χ3n) is 10.4. The molecule has 1 aliphatic heterocycles. The summed E-state index contributed by atoms with van der Waals surface area (Å²) in [6.07, 6.45) is 1.40. The van der Waals surface area contributed by atoms with Crippen molar-refractivity contribution >= 4 is 51.5 Å². The van der Waals surface area contributed by atoms with Gasteiger partial charge in [0.2, 0.25) is 11.9 Å². The second-order valence-electron chi connectivity index (χ2n) is 14.5.